The summed E-state index contributed by atoms with van der Waals surface area (Å²) < 4.78 is 4.79. The number of aliphatic hydroxyl groups is 1. The van der Waals surface area contributed by atoms with E-state index in [-0.39, 0.29) is 0 Å². The summed E-state index contributed by atoms with van der Waals surface area (Å²) in [6.45, 7) is 0. The van der Waals surface area contributed by atoms with Crippen LogP contribution >= 0.6 is 0 Å². The lowest BCUT2D eigenvalue weighted by Gasteiger charge is -2.03. The van der Waals surface area contributed by atoms with Crippen molar-refractivity contribution in [2.75, 3.05) is 12.8 Å². The van der Waals surface area contributed by atoms with E-state index in [2.05, 4.69) is 4.98 Å². The van der Waals surface area contributed by atoms with Crippen LogP contribution in [0.4, 0.5) is 5.69 Å². The van der Waals surface area contributed by atoms with Crippen molar-refractivity contribution in [1.29, 1.82) is 0 Å². The summed E-state index contributed by atoms with van der Waals surface area (Å²) in [6, 6.07) is 7.37. The smallest absolute Gasteiger partial charge is 0.196 e. The van der Waals surface area contributed by atoms with Crippen LogP contribution in [-0.2, 0) is 4.74 Å². The number of hydrogen-bond acceptors (Lipinski definition) is 3. The summed E-state index contributed by atoms with van der Waals surface area (Å²) in [5.74, 6) is 0. The molecular formula is C10H12N2O2. The third-order valence-electron chi connectivity index (χ3n) is 2.21. The zero-order valence-corrected chi connectivity index (χ0v) is 7.82. The van der Waals surface area contributed by atoms with E-state index in [1.165, 1.54) is 7.11 Å². The van der Waals surface area contributed by atoms with Crippen LogP contribution in [0.5, 0.6) is 0 Å². The van der Waals surface area contributed by atoms with Crippen LogP contribution in [0.3, 0.4) is 0 Å². The molecule has 74 valence electrons. The molecule has 1 aromatic carbocycles. The summed E-state index contributed by atoms with van der Waals surface area (Å²) in [6.07, 6.45) is -0.929. The molecule has 0 spiro atoms. The summed E-state index contributed by atoms with van der Waals surface area (Å²) in [5.41, 5.74) is 7.97. The van der Waals surface area contributed by atoms with Gasteiger partial charge >= 0.3 is 0 Å². The van der Waals surface area contributed by atoms with E-state index in [9.17, 15) is 5.11 Å². The molecule has 0 aliphatic carbocycles. The fourth-order valence-corrected chi connectivity index (χ4v) is 1.46. The monoisotopic (exact) mass is 192 g/mol. The number of nitrogen functional groups attached to an aromatic ring is 1. The number of H-pyrrole nitrogens is 1. The Morgan fingerprint density at radius 3 is 2.93 bits per heavy atom. The van der Waals surface area contributed by atoms with Gasteiger partial charge in [-0.3, -0.25) is 0 Å². The van der Waals surface area contributed by atoms with Crippen molar-refractivity contribution in [3.05, 3.63) is 30.0 Å². The first-order valence-electron chi connectivity index (χ1n) is 4.30. The largest absolute Gasteiger partial charge is 0.398 e. The number of ether oxygens (including phenoxy) is 1. The molecule has 0 fully saturated rings. The van der Waals surface area contributed by atoms with E-state index >= 15 is 0 Å². The number of anilines is 1. The van der Waals surface area contributed by atoms with Gasteiger partial charge in [-0.1, -0.05) is 6.07 Å². The Morgan fingerprint density at radius 1 is 1.50 bits per heavy atom. The Morgan fingerprint density at radius 2 is 2.29 bits per heavy atom. The maximum Gasteiger partial charge on any atom is 0.196 e. The molecule has 0 bridgehead atoms. The Kier molecular flexibility index (Phi) is 2.15. The predicted molar refractivity (Wildman–Crippen MR) is 54.7 cm³/mol. The minimum Gasteiger partial charge on any atom is -0.398 e. The molecule has 0 aliphatic heterocycles. The topological polar surface area (TPSA) is 71.3 Å². The first-order chi connectivity index (χ1) is 6.72. The fraction of sp³-hybridized carbons (Fsp3) is 0.200. The van der Waals surface area contributed by atoms with Crippen molar-refractivity contribution in [3.63, 3.8) is 0 Å². The van der Waals surface area contributed by atoms with E-state index in [0.717, 1.165) is 10.9 Å². The van der Waals surface area contributed by atoms with Gasteiger partial charge in [-0.2, -0.15) is 0 Å². The second kappa shape index (κ2) is 3.32. The molecule has 14 heavy (non-hydrogen) atoms. The van der Waals surface area contributed by atoms with E-state index in [0.29, 0.717) is 11.4 Å². The summed E-state index contributed by atoms with van der Waals surface area (Å²) in [5, 5.41) is 10.3. The van der Waals surface area contributed by atoms with Gasteiger partial charge in [0, 0.05) is 23.7 Å². The minimum atomic E-state index is -0.929. The lowest BCUT2D eigenvalue weighted by atomic mass is 10.2. The van der Waals surface area contributed by atoms with Crippen LogP contribution < -0.4 is 5.73 Å². The van der Waals surface area contributed by atoms with Gasteiger partial charge in [0.1, 0.15) is 0 Å². The van der Waals surface area contributed by atoms with Crippen LogP contribution in [0.25, 0.3) is 10.9 Å². The highest BCUT2D eigenvalue weighted by atomic mass is 16.6. The number of methoxy groups -OCH3 is 1. The van der Waals surface area contributed by atoms with Gasteiger partial charge in [0.2, 0.25) is 0 Å². The average Bonchev–Trinajstić information content (AvgIpc) is 2.62. The number of hydrogen-bond donors (Lipinski definition) is 3. The SMILES string of the molecule is COC(O)c1cc2c(N)cccc2[nH]1. The summed E-state index contributed by atoms with van der Waals surface area (Å²) in [7, 11) is 1.44. The van der Waals surface area contributed by atoms with Gasteiger partial charge in [-0.15, -0.1) is 0 Å². The number of rotatable bonds is 2. The molecule has 2 rings (SSSR count). The second-order valence-electron chi connectivity index (χ2n) is 3.12. The Hall–Kier alpha value is -1.52. The van der Waals surface area contributed by atoms with Crippen LogP contribution in [0, 0.1) is 0 Å². The molecule has 4 N–H and O–H groups in total. The van der Waals surface area contributed by atoms with E-state index in [1.807, 2.05) is 18.2 Å². The first kappa shape index (κ1) is 9.05. The minimum absolute atomic E-state index is 0.611. The first-order valence-corrected chi connectivity index (χ1v) is 4.30. The van der Waals surface area contributed by atoms with Crippen molar-refractivity contribution in [2.45, 2.75) is 6.29 Å². The zero-order chi connectivity index (χ0) is 10.1. The van der Waals surface area contributed by atoms with Crippen molar-refractivity contribution in [3.8, 4) is 0 Å². The lowest BCUT2D eigenvalue weighted by Crippen LogP contribution is -1.98. The van der Waals surface area contributed by atoms with Gasteiger partial charge < -0.3 is 20.6 Å². The maximum atomic E-state index is 9.43. The maximum absolute atomic E-state index is 9.43. The highest BCUT2D eigenvalue weighted by Crippen LogP contribution is 2.24. The molecule has 0 radical (unpaired) electrons. The van der Waals surface area contributed by atoms with Gasteiger partial charge in [-0.25, -0.2) is 0 Å². The highest BCUT2D eigenvalue weighted by Gasteiger charge is 2.09. The number of nitrogens with two attached hydrogens (primary N) is 1. The third kappa shape index (κ3) is 1.34. The predicted octanol–water partition coefficient (Wildman–Crippen LogP) is 1.39. The van der Waals surface area contributed by atoms with Crippen LogP contribution in [-0.4, -0.2) is 17.2 Å². The second-order valence-corrected chi connectivity index (χ2v) is 3.12. The third-order valence-corrected chi connectivity index (χ3v) is 2.21. The molecular weight excluding hydrogens is 180 g/mol. The van der Waals surface area contributed by atoms with Gasteiger partial charge in [0.15, 0.2) is 6.29 Å². The average molecular weight is 192 g/mol. The quantitative estimate of drug-likeness (QED) is 0.497. The molecule has 0 saturated carbocycles. The van der Waals surface area contributed by atoms with Gasteiger partial charge in [0.25, 0.3) is 0 Å². The van der Waals surface area contributed by atoms with Crippen molar-refractivity contribution >= 4 is 16.6 Å². The molecule has 0 aliphatic rings. The standard InChI is InChI=1S/C10H12N2O2/c1-14-10(13)9-5-6-7(11)3-2-4-8(6)12-9/h2-5,10,12-13H,11H2,1H3. The molecule has 1 heterocycles. The molecule has 2 aromatic rings. The highest BCUT2D eigenvalue weighted by molar-refractivity contribution is 5.91. The van der Waals surface area contributed by atoms with Crippen LogP contribution in [0.15, 0.2) is 24.3 Å². The number of benzene rings is 1. The number of aliphatic hydroxyl groups excluding tert-OH is 1. The van der Waals surface area contributed by atoms with Crippen LogP contribution in [0.2, 0.25) is 0 Å². The number of aromatic nitrogens is 1. The lowest BCUT2D eigenvalue weighted by molar-refractivity contribution is -0.0794. The molecule has 0 saturated heterocycles. The molecule has 4 heteroatoms. The zero-order valence-electron chi connectivity index (χ0n) is 7.82. The number of nitrogens with one attached hydrogen (secondary N) is 1. The molecule has 1 unspecified atom stereocenters. The normalized spacial score (nSPS) is 13.3. The Bertz CT molecular complexity index is 450. The molecule has 4 nitrogen and oxygen atoms in total. The van der Waals surface area contributed by atoms with Crippen molar-refractivity contribution < 1.29 is 9.84 Å². The van der Waals surface area contributed by atoms with Crippen molar-refractivity contribution in [1.82, 2.24) is 4.98 Å². The van der Waals surface area contributed by atoms with E-state index < -0.39 is 6.29 Å². The summed E-state index contributed by atoms with van der Waals surface area (Å²) in [4.78, 5) is 3.03. The molecule has 1 aromatic heterocycles. The number of aromatic amines is 1. The molecule has 0 amide bonds. The Labute approximate surface area is 81.3 Å². The van der Waals surface area contributed by atoms with Gasteiger partial charge in [-0.05, 0) is 18.2 Å². The van der Waals surface area contributed by atoms with Gasteiger partial charge in [0.05, 0.1) is 5.69 Å². The molecule has 1 atom stereocenters. The Balaban J connectivity index is 2.56. The number of fused-ring (bicyclic) bond motifs is 1. The fourth-order valence-electron chi connectivity index (χ4n) is 1.46. The van der Waals surface area contributed by atoms with Crippen LogP contribution in [0.1, 0.15) is 12.0 Å². The van der Waals surface area contributed by atoms with E-state index in [1.54, 1.807) is 6.07 Å². The van der Waals surface area contributed by atoms with Crippen molar-refractivity contribution in [2.24, 2.45) is 0 Å². The summed E-state index contributed by atoms with van der Waals surface area (Å²) >= 11 is 0. The van der Waals surface area contributed by atoms with E-state index in [4.69, 9.17) is 10.5 Å².